The van der Waals surface area contributed by atoms with Gasteiger partial charge in [0.05, 0.1) is 11.4 Å². The van der Waals surface area contributed by atoms with Gasteiger partial charge in [0.2, 0.25) is 5.88 Å². The molecule has 1 aliphatic heterocycles. The van der Waals surface area contributed by atoms with Crippen molar-refractivity contribution in [2.75, 3.05) is 5.32 Å². The first kappa shape index (κ1) is 13.1. The van der Waals surface area contributed by atoms with Crippen LogP contribution in [0.25, 0.3) is 5.57 Å². The highest BCUT2D eigenvalue weighted by molar-refractivity contribution is 5.81. The Balaban J connectivity index is 1.99. The Bertz CT molecular complexity index is 719. The predicted molar refractivity (Wildman–Crippen MR) is 79.3 cm³/mol. The van der Waals surface area contributed by atoms with Gasteiger partial charge >= 0.3 is 0 Å². The number of fused-ring (bicyclic) bond motifs is 1. The van der Waals surface area contributed by atoms with Crippen molar-refractivity contribution in [2.24, 2.45) is 0 Å². The van der Waals surface area contributed by atoms with Crippen LogP contribution in [0.3, 0.4) is 0 Å². The van der Waals surface area contributed by atoms with Gasteiger partial charge in [-0.25, -0.2) is 9.97 Å². The van der Waals surface area contributed by atoms with Crippen molar-refractivity contribution < 1.29 is 4.74 Å². The van der Waals surface area contributed by atoms with Crippen LogP contribution in [0, 0.1) is 11.3 Å². The van der Waals surface area contributed by atoms with Crippen molar-refractivity contribution in [3.05, 3.63) is 53.9 Å². The van der Waals surface area contributed by atoms with E-state index < -0.39 is 0 Å². The van der Waals surface area contributed by atoms with Crippen molar-refractivity contribution in [3.63, 3.8) is 0 Å². The van der Waals surface area contributed by atoms with Crippen LogP contribution < -0.4 is 10.1 Å². The van der Waals surface area contributed by atoms with Gasteiger partial charge < -0.3 is 10.1 Å². The number of allylic oxidation sites excluding steroid dienone is 1. The predicted octanol–water partition coefficient (Wildman–Crippen LogP) is 3.13. The summed E-state index contributed by atoms with van der Waals surface area (Å²) in [5.74, 6) is 1.86. The van der Waals surface area contributed by atoms with E-state index in [0.717, 1.165) is 24.4 Å². The van der Waals surface area contributed by atoms with Crippen LogP contribution in [0.15, 0.2) is 42.4 Å². The van der Waals surface area contributed by atoms with Gasteiger partial charge in [-0.15, -0.1) is 0 Å². The van der Waals surface area contributed by atoms with Crippen molar-refractivity contribution in [3.8, 4) is 11.8 Å². The number of nitriles is 1. The zero-order valence-corrected chi connectivity index (χ0v) is 11.6. The minimum absolute atomic E-state index is 0.381. The molecule has 0 saturated carbocycles. The van der Waals surface area contributed by atoms with E-state index in [4.69, 9.17) is 4.74 Å². The molecule has 1 aliphatic rings. The molecular formula is C16H14N4O. The maximum atomic E-state index is 9.45. The first-order chi connectivity index (χ1) is 10.3. The Morgan fingerprint density at radius 3 is 2.95 bits per heavy atom. The van der Waals surface area contributed by atoms with E-state index in [9.17, 15) is 5.26 Å². The number of para-hydroxylation sites is 2. The molecule has 0 saturated heterocycles. The number of ether oxygens (including phenoxy) is 1. The van der Waals surface area contributed by atoms with Crippen molar-refractivity contribution in [1.29, 1.82) is 5.26 Å². The molecule has 0 atom stereocenters. The minimum atomic E-state index is 0.381. The lowest BCUT2D eigenvalue weighted by Crippen LogP contribution is -2.04. The lowest BCUT2D eigenvalue weighted by atomic mass is 10.2. The molecule has 0 unspecified atom stereocenters. The second-order valence-electron chi connectivity index (χ2n) is 4.65. The van der Waals surface area contributed by atoms with Gasteiger partial charge in [-0.2, -0.15) is 5.26 Å². The normalized spacial score (nSPS) is 14.7. The Hall–Kier alpha value is -2.87. The van der Waals surface area contributed by atoms with E-state index in [1.807, 2.05) is 24.3 Å². The van der Waals surface area contributed by atoms with Gasteiger partial charge in [-0.3, -0.25) is 0 Å². The number of hydrogen-bond acceptors (Lipinski definition) is 5. The summed E-state index contributed by atoms with van der Waals surface area (Å²) in [6.07, 6.45) is 3.42. The molecule has 0 aliphatic carbocycles. The summed E-state index contributed by atoms with van der Waals surface area (Å²) in [5.41, 5.74) is 1.81. The average Bonchev–Trinajstić information content (AvgIpc) is 2.92. The largest absolute Gasteiger partial charge is 0.437 e. The van der Waals surface area contributed by atoms with E-state index in [1.165, 1.54) is 0 Å². The van der Waals surface area contributed by atoms with Gasteiger partial charge in [0.1, 0.15) is 17.5 Å². The number of aryl methyl sites for hydroxylation is 1. The standard InChI is InChI=1S/C16H14N4O/c1-2-5-15-18-9-8-12(19-15)11(10-17)16-20-13-6-3-4-7-14(13)21-16/h3-4,6-9,20H,2,5H2,1H3/b16-11+. The minimum Gasteiger partial charge on any atom is -0.437 e. The molecule has 2 aromatic rings. The zero-order valence-electron chi connectivity index (χ0n) is 11.6. The van der Waals surface area contributed by atoms with Crippen LogP contribution in [-0.2, 0) is 6.42 Å². The topological polar surface area (TPSA) is 70.8 Å². The van der Waals surface area contributed by atoms with Gasteiger partial charge in [0.25, 0.3) is 0 Å². The number of hydrogen-bond donors (Lipinski definition) is 1. The van der Waals surface area contributed by atoms with Gasteiger partial charge in [0.15, 0.2) is 5.75 Å². The molecule has 0 spiro atoms. The third-order valence-electron chi connectivity index (χ3n) is 3.12. The molecule has 0 radical (unpaired) electrons. The molecular weight excluding hydrogens is 264 g/mol. The fraction of sp³-hybridized carbons (Fsp3) is 0.188. The highest BCUT2D eigenvalue weighted by atomic mass is 16.5. The fourth-order valence-corrected chi connectivity index (χ4v) is 2.14. The number of aromatic nitrogens is 2. The van der Waals surface area contributed by atoms with E-state index in [1.54, 1.807) is 12.3 Å². The fourth-order valence-electron chi connectivity index (χ4n) is 2.14. The van der Waals surface area contributed by atoms with Crippen molar-refractivity contribution in [2.45, 2.75) is 19.8 Å². The molecule has 1 N–H and O–H groups in total. The Kier molecular flexibility index (Phi) is 3.52. The van der Waals surface area contributed by atoms with Gasteiger partial charge in [-0.05, 0) is 24.6 Å². The smallest absolute Gasteiger partial charge is 0.218 e. The highest BCUT2D eigenvalue weighted by Crippen LogP contribution is 2.35. The second kappa shape index (κ2) is 5.63. The Morgan fingerprint density at radius 2 is 2.19 bits per heavy atom. The maximum Gasteiger partial charge on any atom is 0.218 e. The molecule has 1 aromatic carbocycles. The molecule has 104 valence electrons. The lowest BCUT2D eigenvalue weighted by molar-refractivity contribution is 0.460. The molecule has 5 heteroatoms. The molecule has 0 fully saturated rings. The SMILES string of the molecule is CCCc1nccc(/C(C#N)=C2\Nc3ccccc3O2)n1. The van der Waals surface area contributed by atoms with Crippen LogP contribution in [-0.4, -0.2) is 9.97 Å². The molecule has 2 heterocycles. The van der Waals surface area contributed by atoms with Crippen LogP contribution in [0.2, 0.25) is 0 Å². The second-order valence-corrected chi connectivity index (χ2v) is 4.65. The lowest BCUT2D eigenvalue weighted by Gasteiger charge is -2.05. The summed E-state index contributed by atoms with van der Waals surface area (Å²) >= 11 is 0. The number of nitrogens with one attached hydrogen (secondary N) is 1. The van der Waals surface area contributed by atoms with Crippen LogP contribution in [0.1, 0.15) is 24.9 Å². The summed E-state index contributed by atoms with van der Waals surface area (Å²) in [6, 6.07) is 11.4. The third-order valence-corrected chi connectivity index (χ3v) is 3.12. The van der Waals surface area contributed by atoms with E-state index in [-0.39, 0.29) is 0 Å². The van der Waals surface area contributed by atoms with E-state index >= 15 is 0 Å². The average molecular weight is 278 g/mol. The van der Waals surface area contributed by atoms with Crippen LogP contribution >= 0.6 is 0 Å². The van der Waals surface area contributed by atoms with Gasteiger partial charge in [0, 0.05) is 12.6 Å². The van der Waals surface area contributed by atoms with Crippen LogP contribution in [0.5, 0.6) is 5.75 Å². The Morgan fingerprint density at radius 1 is 1.33 bits per heavy atom. The third kappa shape index (κ3) is 2.56. The quantitative estimate of drug-likeness (QED) is 0.873. The monoisotopic (exact) mass is 278 g/mol. The van der Waals surface area contributed by atoms with Crippen molar-refractivity contribution in [1.82, 2.24) is 9.97 Å². The van der Waals surface area contributed by atoms with Crippen LogP contribution in [0.4, 0.5) is 5.69 Å². The number of rotatable bonds is 3. The summed E-state index contributed by atoms with van der Waals surface area (Å²) < 4.78 is 5.70. The first-order valence-electron chi connectivity index (χ1n) is 6.82. The molecule has 0 amide bonds. The molecule has 5 nitrogen and oxygen atoms in total. The summed E-state index contributed by atoms with van der Waals surface area (Å²) in [5, 5.41) is 12.6. The first-order valence-corrected chi connectivity index (χ1v) is 6.82. The highest BCUT2D eigenvalue weighted by Gasteiger charge is 2.21. The molecule has 0 bridgehead atoms. The molecule has 3 rings (SSSR count). The molecule has 1 aromatic heterocycles. The van der Waals surface area contributed by atoms with E-state index in [2.05, 4.69) is 28.3 Å². The zero-order chi connectivity index (χ0) is 14.7. The molecule has 21 heavy (non-hydrogen) atoms. The van der Waals surface area contributed by atoms with E-state index in [0.29, 0.717) is 22.9 Å². The number of anilines is 1. The number of benzene rings is 1. The summed E-state index contributed by atoms with van der Waals surface area (Å²) in [7, 11) is 0. The van der Waals surface area contributed by atoms with Gasteiger partial charge in [-0.1, -0.05) is 19.1 Å². The summed E-state index contributed by atoms with van der Waals surface area (Å²) in [4.78, 5) is 8.64. The van der Waals surface area contributed by atoms with Crippen molar-refractivity contribution >= 4 is 11.3 Å². The Labute approximate surface area is 122 Å². The summed E-state index contributed by atoms with van der Waals surface area (Å²) in [6.45, 7) is 2.07. The number of nitrogens with zero attached hydrogens (tertiary/aromatic N) is 3. The maximum absolute atomic E-state index is 9.45.